The van der Waals surface area contributed by atoms with Crippen molar-refractivity contribution in [3.63, 3.8) is 0 Å². The first-order valence-corrected chi connectivity index (χ1v) is 6.68. The summed E-state index contributed by atoms with van der Waals surface area (Å²) < 4.78 is 0. The lowest BCUT2D eigenvalue weighted by molar-refractivity contribution is 0.274. The predicted molar refractivity (Wildman–Crippen MR) is 73.1 cm³/mol. The fourth-order valence-electron chi connectivity index (χ4n) is 2.21. The van der Waals surface area contributed by atoms with E-state index in [-0.39, 0.29) is 0 Å². The van der Waals surface area contributed by atoms with Crippen molar-refractivity contribution in [1.29, 1.82) is 0 Å². The SMILES string of the molecule is CC1CN(C)CCN1c1ncc(CCl)cc1Cl. The van der Waals surface area contributed by atoms with E-state index in [1.165, 1.54) is 0 Å². The van der Waals surface area contributed by atoms with Crippen molar-refractivity contribution in [2.75, 3.05) is 31.6 Å². The van der Waals surface area contributed by atoms with Crippen LogP contribution >= 0.6 is 23.2 Å². The average Bonchev–Trinajstić information content (AvgIpc) is 2.30. The van der Waals surface area contributed by atoms with Gasteiger partial charge in [-0.15, -0.1) is 11.6 Å². The van der Waals surface area contributed by atoms with E-state index in [2.05, 4.69) is 28.8 Å². The first kappa shape index (κ1) is 12.9. The molecule has 0 spiro atoms. The molecule has 1 aliphatic rings. The molecule has 1 aromatic heterocycles. The van der Waals surface area contributed by atoms with Crippen LogP contribution in [-0.4, -0.2) is 42.6 Å². The maximum atomic E-state index is 6.27. The summed E-state index contributed by atoms with van der Waals surface area (Å²) in [6.45, 7) is 5.24. The van der Waals surface area contributed by atoms with E-state index in [0.717, 1.165) is 31.0 Å². The van der Waals surface area contributed by atoms with Gasteiger partial charge in [0.15, 0.2) is 0 Å². The van der Waals surface area contributed by atoms with Crippen molar-refractivity contribution >= 4 is 29.0 Å². The van der Waals surface area contributed by atoms with Crippen molar-refractivity contribution in [3.05, 3.63) is 22.8 Å². The summed E-state index contributed by atoms with van der Waals surface area (Å²) in [5, 5.41) is 0.694. The van der Waals surface area contributed by atoms with Gasteiger partial charge in [-0.25, -0.2) is 4.98 Å². The van der Waals surface area contributed by atoms with Gasteiger partial charge >= 0.3 is 0 Å². The first-order chi connectivity index (χ1) is 8.11. The minimum atomic E-state index is 0.431. The Morgan fingerprint density at radius 1 is 1.47 bits per heavy atom. The van der Waals surface area contributed by atoms with E-state index in [1.54, 1.807) is 6.20 Å². The van der Waals surface area contributed by atoms with Gasteiger partial charge < -0.3 is 9.80 Å². The highest BCUT2D eigenvalue weighted by atomic mass is 35.5. The molecule has 0 radical (unpaired) electrons. The molecule has 2 rings (SSSR count). The number of nitrogens with zero attached hydrogens (tertiary/aromatic N) is 3. The monoisotopic (exact) mass is 273 g/mol. The second-order valence-electron chi connectivity index (χ2n) is 4.59. The van der Waals surface area contributed by atoms with Gasteiger partial charge in [-0.1, -0.05) is 11.6 Å². The summed E-state index contributed by atoms with van der Waals surface area (Å²) in [6.07, 6.45) is 1.80. The molecule has 1 aliphatic heterocycles. The number of likely N-dealkylation sites (N-methyl/N-ethyl adjacent to an activating group) is 1. The number of pyridine rings is 1. The topological polar surface area (TPSA) is 19.4 Å². The van der Waals surface area contributed by atoms with Gasteiger partial charge in [-0.2, -0.15) is 0 Å². The molecule has 5 heteroatoms. The predicted octanol–water partition coefficient (Wildman–Crippen LogP) is 2.61. The summed E-state index contributed by atoms with van der Waals surface area (Å²) in [7, 11) is 2.14. The van der Waals surface area contributed by atoms with Crippen LogP contribution in [0.3, 0.4) is 0 Å². The number of rotatable bonds is 2. The van der Waals surface area contributed by atoms with Gasteiger partial charge in [0, 0.05) is 37.8 Å². The maximum absolute atomic E-state index is 6.27. The van der Waals surface area contributed by atoms with E-state index in [9.17, 15) is 0 Å². The van der Waals surface area contributed by atoms with Crippen LogP contribution in [0.2, 0.25) is 5.02 Å². The number of halogens is 2. The van der Waals surface area contributed by atoms with E-state index >= 15 is 0 Å². The maximum Gasteiger partial charge on any atom is 0.147 e. The molecule has 1 fully saturated rings. The van der Waals surface area contributed by atoms with Crippen LogP contribution in [-0.2, 0) is 5.88 Å². The molecule has 3 nitrogen and oxygen atoms in total. The van der Waals surface area contributed by atoms with Crippen molar-refractivity contribution in [3.8, 4) is 0 Å². The Morgan fingerprint density at radius 3 is 2.82 bits per heavy atom. The quantitative estimate of drug-likeness (QED) is 0.773. The number of hydrogen-bond donors (Lipinski definition) is 0. The Labute approximate surface area is 112 Å². The van der Waals surface area contributed by atoms with Crippen LogP contribution in [0.15, 0.2) is 12.3 Å². The van der Waals surface area contributed by atoms with Crippen LogP contribution in [0.5, 0.6) is 0 Å². The molecule has 1 saturated heterocycles. The molecule has 0 amide bonds. The molecule has 17 heavy (non-hydrogen) atoms. The van der Waals surface area contributed by atoms with E-state index in [1.807, 2.05) is 6.07 Å². The molecule has 0 saturated carbocycles. The molecule has 0 N–H and O–H groups in total. The van der Waals surface area contributed by atoms with Crippen LogP contribution in [0, 0.1) is 0 Å². The molecular weight excluding hydrogens is 257 g/mol. The highest BCUT2D eigenvalue weighted by molar-refractivity contribution is 6.33. The Hall–Kier alpha value is -0.510. The second-order valence-corrected chi connectivity index (χ2v) is 5.26. The summed E-state index contributed by atoms with van der Waals surface area (Å²) >= 11 is 12.0. The number of anilines is 1. The standard InChI is InChI=1S/C12H17Cl2N3/c1-9-8-16(2)3-4-17(9)12-11(14)5-10(6-13)7-15-12/h5,7,9H,3-4,6,8H2,1-2H3. The molecule has 1 unspecified atom stereocenters. The van der Waals surface area contributed by atoms with Crippen LogP contribution in [0.25, 0.3) is 0 Å². The van der Waals surface area contributed by atoms with E-state index < -0.39 is 0 Å². The molecule has 0 bridgehead atoms. The highest BCUT2D eigenvalue weighted by Gasteiger charge is 2.24. The van der Waals surface area contributed by atoms with Crippen molar-refractivity contribution in [2.24, 2.45) is 0 Å². The second kappa shape index (κ2) is 5.42. The largest absolute Gasteiger partial charge is 0.350 e. The lowest BCUT2D eigenvalue weighted by atomic mass is 10.2. The fraction of sp³-hybridized carbons (Fsp3) is 0.583. The third-order valence-electron chi connectivity index (χ3n) is 3.14. The number of piperazine rings is 1. The van der Waals surface area contributed by atoms with Gasteiger partial charge in [0.2, 0.25) is 0 Å². The molecule has 94 valence electrons. The minimum absolute atomic E-state index is 0.431. The van der Waals surface area contributed by atoms with Gasteiger partial charge in [0.05, 0.1) is 5.02 Å². The molecular formula is C12H17Cl2N3. The molecule has 0 aromatic carbocycles. The smallest absolute Gasteiger partial charge is 0.147 e. The van der Waals surface area contributed by atoms with Gasteiger partial charge in [0.25, 0.3) is 0 Å². The summed E-state index contributed by atoms with van der Waals surface area (Å²) in [6, 6.07) is 2.34. The van der Waals surface area contributed by atoms with E-state index in [0.29, 0.717) is 16.9 Å². The molecule has 2 heterocycles. The van der Waals surface area contributed by atoms with Crippen LogP contribution < -0.4 is 4.90 Å². The number of aromatic nitrogens is 1. The Kier molecular flexibility index (Phi) is 4.13. The zero-order valence-electron chi connectivity index (χ0n) is 10.2. The van der Waals surface area contributed by atoms with Crippen LogP contribution in [0.1, 0.15) is 12.5 Å². The lowest BCUT2D eigenvalue weighted by Gasteiger charge is -2.39. The van der Waals surface area contributed by atoms with Gasteiger partial charge in [-0.3, -0.25) is 0 Å². The fourth-order valence-corrected chi connectivity index (χ4v) is 2.65. The van der Waals surface area contributed by atoms with E-state index in [4.69, 9.17) is 23.2 Å². The number of hydrogen-bond acceptors (Lipinski definition) is 3. The van der Waals surface area contributed by atoms with Gasteiger partial charge in [-0.05, 0) is 25.6 Å². The Morgan fingerprint density at radius 2 is 2.24 bits per heavy atom. The van der Waals surface area contributed by atoms with Crippen molar-refractivity contribution in [1.82, 2.24) is 9.88 Å². The third-order valence-corrected chi connectivity index (χ3v) is 3.72. The molecule has 0 aliphatic carbocycles. The normalized spacial score (nSPS) is 21.9. The Balaban J connectivity index is 2.22. The minimum Gasteiger partial charge on any atom is -0.350 e. The number of alkyl halides is 1. The summed E-state index contributed by atoms with van der Waals surface area (Å²) in [5.74, 6) is 1.33. The third kappa shape index (κ3) is 2.84. The van der Waals surface area contributed by atoms with Crippen molar-refractivity contribution in [2.45, 2.75) is 18.8 Å². The molecule has 1 aromatic rings. The Bertz CT molecular complexity index is 397. The highest BCUT2D eigenvalue weighted by Crippen LogP contribution is 2.27. The summed E-state index contributed by atoms with van der Waals surface area (Å²) in [4.78, 5) is 9.03. The van der Waals surface area contributed by atoms with Crippen LogP contribution in [0.4, 0.5) is 5.82 Å². The average molecular weight is 274 g/mol. The lowest BCUT2D eigenvalue weighted by Crippen LogP contribution is -2.50. The van der Waals surface area contributed by atoms with Gasteiger partial charge in [0.1, 0.15) is 5.82 Å². The molecule has 1 atom stereocenters. The summed E-state index contributed by atoms with van der Waals surface area (Å²) in [5.41, 5.74) is 0.960. The zero-order chi connectivity index (χ0) is 12.4. The zero-order valence-corrected chi connectivity index (χ0v) is 11.7. The first-order valence-electron chi connectivity index (χ1n) is 5.77. The van der Waals surface area contributed by atoms with Crippen molar-refractivity contribution < 1.29 is 0 Å².